The molecule has 0 aliphatic heterocycles. The van der Waals surface area contributed by atoms with Gasteiger partial charge in [0.15, 0.2) is 0 Å². The standard InChI is InChI=1S/C25H26N4O2/c1-29(2)22-15-13-19(14-16-22)17-27-28-23(30)18-26-25(31)24(20-9-5-3-6-10-20)21-11-7-4-8-12-21/h3-17,24H,18H2,1-2H3,(H,26,31)(H,28,30)/b27-17-. The van der Waals surface area contributed by atoms with Gasteiger partial charge in [-0.2, -0.15) is 5.10 Å². The van der Waals surface area contributed by atoms with Crippen LogP contribution in [0.25, 0.3) is 0 Å². The van der Waals surface area contributed by atoms with E-state index in [0.29, 0.717) is 0 Å². The quantitative estimate of drug-likeness (QED) is 0.439. The van der Waals surface area contributed by atoms with E-state index in [4.69, 9.17) is 0 Å². The number of carbonyl (C=O) groups is 2. The van der Waals surface area contributed by atoms with E-state index in [0.717, 1.165) is 22.4 Å². The van der Waals surface area contributed by atoms with E-state index < -0.39 is 11.8 Å². The van der Waals surface area contributed by atoms with Crippen molar-refractivity contribution in [1.82, 2.24) is 10.7 Å². The first kappa shape index (κ1) is 21.8. The SMILES string of the molecule is CN(C)c1ccc(/C=N\NC(=O)CNC(=O)C(c2ccccc2)c2ccccc2)cc1. The van der Waals surface area contributed by atoms with Gasteiger partial charge in [-0.1, -0.05) is 72.8 Å². The topological polar surface area (TPSA) is 73.8 Å². The molecule has 0 radical (unpaired) electrons. The molecule has 6 heteroatoms. The summed E-state index contributed by atoms with van der Waals surface area (Å²) in [6.07, 6.45) is 1.57. The van der Waals surface area contributed by atoms with Gasteiger partial charge in [0, 0.05) is 19.8 Å². The van der Waals surface area contributed by atoms with Crippen LogP contribution in [0.4, 0.5) is 5.69 Å². The number of hydrogen-bond acceptors (Lipinski definition) is 4. The van der Waals surface area contributed by atoms with Gasteiger partial charge < -0.3 is 10.2 Å². The van der Waals surface area contributed by atoms with Crippen molar-refractivity contribution in [2.75, 3.05) is 25.5 Å². The molecule has 0 atom stereocenters. The number of nitrogens with zero attached hydrogens (tertiary/aromatic N) is 2. The summed E-state index contributed by atoms with van der Waals surface area (Å²) >= 11 is 0. The fourth-order valence-electron chi connectivity index (χ4n) is 3.13. The van der Waals surface area contributed by atoms with E-state index in [9.17, 15) is 9.59 Å². The second kappa shape index (κ2) is 10.7. The van der Waals surface area contributed by atoms with Crippen molar-refractivity contribution in [3.05, 3.63) is 102 Å². The lowest BCUT2D eigenvalue weighted by atomic mass is 9.90. The Morgan fingerprint density at radius 2 is 1.42 bits per heavy atom. The fraction of sp³-hybridized carbons (Fsp3) is 0.160. The third-order valence-electron chi connectivity index (χ3n) is 4.76. The second-order valence-electron chi connectivity index (χ2n) is 7.25. The molecule has 0 aromatic heterocycles. The van der Waals surface area contributed by atoms with Gasteiger partial charge in [-0.25, -0.2) is 5.43 Å². The number of nitrogens with one attached hydrogen (secondary N) is 2. The van der Waals surface area contributed by atoms with Gasteiger partial charge in [0.05, 0.1) is 18.7 Å². The van der Waals surface area contributed by atoms with Crippen molar-refractivity contribution < 1.29 is 9.59 Å². The highest BCUT2D eigenvalue weighted by Gasteiger charge is 2.22. The third kappa shape index (κ3) is 6.27. The highest BCUT2D eigenvalue weighted by Crippen LogP contribution is 2.24. The normalized spacial score (nSPS) is 10.8. The molecule has 3 rings (SSSR count). The van der Waals surface area contributed by atoms with Crippen LogP contribution in [0.1, 0.15) is 22.6 Å². The maximum absolute atomic E-state index is 12.9. The Balaban J connectivity index is 1.57. The number of benzene rings is 3. The highest BCUT2D eigenvalue weighted by molar-refractivity contribution is 5.91. The number of amides is 2. The van der Waals surface area contributed by atoms with Gasteiger partial charge in [0.25, 0.3) is 5.91 Å². The van der Waals surface area contributed by atoms with Crippen molar-refractivity contribution >= 4 is 23.7 Å². The lowest BCUT2D eigenvalue weighted by Crippen LogP contribution is -2.37. The molecule has 31 heavy (non-hydrogen) atoms. The maximum atomic E-state index is 12.9. The molecule has 0 fully saturated rings. The largest absolute Gasteiger partial charge is 0.378 e. The van der Waals surface area contributed by atoms with E-state index >= 15 is 0 Å². The van der Waals surface area contributed by atoms with Gasteiger partial charge in [-0.3, -0.25) is 9.59 Å². The Morgan fingerprint density at radius 1 is 0.871 bits per heavy atom. The number of anilines is 1. The van der Waals surface area contributed by atoms with Crippen LogP contribution >= 0.6 is 0 Å². The lowest BCUT2D eigenvalue weighted by molar-refractivity contribution is -0.126. The minimum Gasteiger partial charge on any atom is -0.378 e. The van der Waals surface area contributed by atoms with E-state index in [2.05, 4.69) is 15.8 Å². The van der Waals surface area contributed by atoms with Crippen LogP contribution in [0, 0.1) is 0 Å². The minimum atomic E-state index is -0.492. The number of hydrogen-bond donors (Lipinski definition) is 2. The highest BCUT2D eigenvalue weighted by atomic mass is 16.2. The summed E-state index contributed by atoms with van der Waals surface area (Å²) in [6, 6.07) is 26.8. The molecule has 0 saturated heterocycles. The van der Waals surface area contributed by atoms with Crippen LogP contribution in [-0.4, -0.2) is 38.7 Å². The Labute approximate surface area is 182 Å². The minimum absolute atomic E-state index is 0.161. The average molecular weight is 415 g/mol. The zero-order valence-electron chi connectivity index (χ0n) is 17.7. The predicted octanol–water partition coefficient (Wildman–Crippen LogP) is 3.15. The molecule has 0 bridgehead atoms. The van der Waals surface area contributed by atoms with Gasteiger partial charge in [-0.15, -0.1) is 0 Å². The fourth-order valence-corrected chi connectivity index (χ4v) is 3.13. The zero-order chi connectivity index (χ0) is 22.1. The Morgan fingerprint density at radius 3 is 1.94 bits per heavy atom. The predicted molar refractivity (Wildman–Crippen MR) is 124 cm³/mol. The molecular formula is C25H26N4O2. The van der Waals surface area contributed by atoms with Crippen molar-refractivity contribution in [3.8, 4) is 0 Å². The summed E-state index contributed by atoms with van der Waals surface area (Å²) in [6.45, 7) is -0.161. The molecule has 3 aromatic carbocycles. The summed E-state index contributed by atoms with van der Waals surface area (Å²) < 4.78 is 0. The molecule has 2 amide bonds. The van der Waals surface area contributed by atoms with Crippen LogP contribution in [0.2, 0.25) is 0 Å². The molecule has 0 saturated carbocycles. The van der Waals surface area contributed by atoms with E-state index in [1.165, 1.54) is 0 Å². The number of rotatable bonds is 8. The van der Waals surface area contributed by atoms with Gasteiger partial charge in [-0.05, 0) is 28.8 Å². The van der Waals surface area contributed by atoms with Gasteiger partial charge >= 0.3 is 0 Å². The van der Waals surface area contributed by atoms with E-state index in [1.807, 2.05) is 104 Å². The molecular weight excluding hydrogens is 388 g/mol. The van der Waals surface area contributed by atoms with E-state index in [1.54, 1.807) is 6.21 Å². The Hall–Kier alpha value is -3.93. The van der Waals surface area contributed by atoms with Crippen LogP contribution in [0.15, 0.2) is 90.0 Å². The Bertz CT molecular complexity index is 977. The van der Waals surface area contributed by atoms with Crippen LogP contribution in [-0.2, 0) is 9.59 Å². The van der Waals surface area contributed by atoms with Crippen LogP contribution in [0.5, 0.6) is 0 Å². The first-order valence-electron chi connectivity index (χ1n) is 10.0. The third-order valence-corrected chi connectivity index (χ3v) is 4.76. The Kier molecular flexibility index (Phi) is 7.54. The molecule has 0 aliphatic rings. The zero-order valence-corrected chi connectivity index (χ0v) is 17.7. The monoisotopic (exact) mass is 414 g/mol. The number of carbonyl (C=O) groups excluding carboxylic acids is 2. The van der Waals surface area contributed by atoms with Crippen molar-refractivity contribution in [3.63, 3.8) is 0 Å². The molecule has 6 nitrogen and oxygen atoms in total. The first-order chi connectivity index (χ1) is 15.0. The van der Waals surface area contributed by atoms with Gasteiger partial charge in [0.2, 0.25) is 5.91 Å². The molecule has 158 valence electrons. The number of hydrazone groups is 1. The molecule has 0 aliphatic carbocycles. The summed E-state index contributed by atoms with van der Waals surface area (Å²) in [5.41, 5.74) is 6.12. The second-order valence-corrected chi connectivity index (χ2v) is 7.25. The first-order valence-corrected chi connectivity index (χ1v) is 10.0. The summed E-state index contributed by atoms with van der Waals surface area (Å²) in [4.78, 5) is 27.0. The maximum Gasteiger partial charge on any atom is 0.259 e. The van der Waals surface area contributed by atoms with Crippen molar-refractivity contribution in [2.24, 2.45) is 5.10 Å². The molecule has 0 spiro atoms. The average Bonchev–Trinajstić information content (AvgIpc) is 2.80. The molecule has 2 N–H and O–H groups in total. The molecule has 0 unspecified atom stereocenters. The summed E-state index contributed by atoms with van der Waals surface area (Å²) in [5.74, 6) is -1.13. The van der Waals surface area contributed by atoms with Crippen LogP contribution < -0.4 is 15.6 Å². The van der Waals surface area contributed by atoms with E-state index in [-0.39, 0.29) is 12.5 Å². The smallest absolute Gasteiger partial charge is 0.259 e. The molecule has 3 aromatic rings. The molecule has 0 heterocycles. The lowest BCUT2D eigenvalue weighted by Gasteiger charge is -2.17. The van der Waals surface area contributed by atoms with Crippen molar-refractivity contribution in [1.29, 1.82) is 0 Å². The van der Waals surface area contributed by atoms with Crippen LogP contribution in [0.3, 0.4) is 0 Å². The summed E-state index contributed by atoms with van der Waals surface area (Å²) in [5, 5.41) is 6.68. The summed E-state index contributed by atoms with van der Waals surface area (Å²) in [7, 11) is 3.94. The van der Waals surface area contributed by atoms with Crippen molar-refractivity contribution in [2.45, 2.75) is 5.92 Å². The van der Waals surface area contributed by atoms with Gasteiger partial charge in [0.1, 0.15) is 0 Å².